The number of fused-ring (bicyclic) bond motifs is 6. The van der Waals surface area contributed by atoms with Gasteiger partial charge in [0.25, 0.3) is 0 Å². The van der Waals surface area contributed by atoms with Crippen LogP contribution in [0.5, 0.6) is 0 Å². The third kappa shape index (κ3) is 4.84. The largest absolute Gasteiger partial charge is 0.457 e. The van der Waals surface area contributed by atoms with Crippen LogP contribution >= 0.6 is 0 Å². The van der Waals surface area contributed by atoms with Crippen molar-refractivity contribution in [3.8, 4) is 45.3 Å². The Morgan fingerprint density at radius 2 is 0.941 bits per heavy atom. The van der Waals surface area contributed by atoms with E-state index in [0.717, 1.165) is 71.8 Å². The molecule has 0 unspecified atom stereocenters. The zero-order chi connectivity index (χ0) is 35.1. The Kier molecular flexibility index (Phi) is 7.22. The van der Waals surface area contributed by atoms with Crippen molar-refractivity contribution in [2.75, 3.05) is 0 Å². The molecule has 0 bridgehead atoms. The summed E-state index contributed by atoms with van der Waals surface area (Å²) >= 11 is 0. The van der Waals surface area contributed by atoms with E-state index < -0.39 is 0 Å². The van der Waals surface area contributed by atoms with Crippen molar-refractivity contribution in [1.82, 2.24) is 15.0 Å². The standard InChI is InChI=1S/C39H30B7N3O2/c40-28-25-26-29(41)32(44)33(45)34(46)36(26)51-35(25)31(43)27(30(28)42)39-48-37(19-10-6-9-18(15-19)17-7-2-1-3-8-17)47-38(49-39)20-13-14-22-21-11-4-5-12-23(21)50-24(22)16-20/h1-16H,40-46H2. The van der Waals surface area contributed by atoms with E-state index in [1.165, 1.54) is 38.1 Å². The minimum absolute atomic E-state index is 0.585. The van der Waals surface area contributed by atoms with E-state index in [2.05, 4.69) is 122 Å². The molecule has 0 fully saturated rings. The van der Waals surface area contributed by atoms with E-state index in [1.807, 2.05) is 30.3 Å². The molecule has 0 saturated carbocycles. The molecule has 0 aliphatic heterocycles. The molecular formula is C39H30B7N3O2. The zero-order valence-corrected chi connectivity index (χ0v) is 29.9. The first-order chi connectivity index (χ1) is 24.7. The van der Waals surface area contributed by atoms with Crippen molar-refractivity contribution >= 4 is 137 Å². The van der Waals surface area contributed by atoms with Gasteiger partial charge in [-0.05, 0) is 40.9 Å². The Labute approximate surface area is 302 Å². The van der Waals surface area contributed by atoms with E-state index in [0.29, 0.717) is 17.5 Å². The lowest BCUT2D eigenvalue weighted by molar-refractivity contribution is 0.669. The predicted octanol–water partition coefficient (Wildman–Crippen LogP) is -1.85. The molecule has 0 amide bonds. The van der Waals surface area contributed by atoms with Crippen LogP contribution in [0.2, 0.25) is 0 Å². The molecule has 12 heteroatoms. The summed E-state index contributed by atoms with van der Waals surface area (Å²) in [5.41, 5.74) is 16.9. The summed E-state index contributed by atoms with van der Waals surface area (Å²) in [4.78, 5) is 15.6. The quantitative estimate of drug-likeness (QED) is 0.210. The van der Waals surface area contributed by atoms with E-state index in [-0.39, 0.29) is 0 Å². The monoisotopic (exact) mass is 649 g/mol. The second-order valence-corrected chi connectivity index (χ2v) is 13.8. The van der Waals surface area contributed by atoms with Crippen LogP contribution in [-0.4, -0.2) is 69.9 Å². The topological polar surface area (TPSA) is 65.0 Å². The number of benzene rings is 6. The molecule has 5 nitrogen and oxygen atoms in total. The maximum atomic E-state index is 6.82. The van der Waals surface area contributed by atoms with Gasteiger partial charge in [0.15, 0.2) is 17.5 Å². The highest BCUT2D eigenvalue weighted by atomic mass is 16.3. The third-order valence-corrected chi connectivity index (χ3v) is 11.1. The van der Waals surface area contributed by atoms with E-state index >= 15 is 0 Å². The van der Waals surface area contributed by atoms with Crippen LogP contribution in [0.15, 0.2) is 106 Å². The summed E-state index contributed by atoms with van der Waals surface area (Å²) in [6.07, 6.45) is 0. The van der Waals surface area contributed by atoms with Gasteiger partial charge in [-0.3, -0.25) is 0 Å². The molecule has 0 aliphatic rings. The normalized spacial score (nSPS) is 11.7. The average Bonchev–Trinajstić information content (AvgIpc) is 3.75. The van der Waals surface area contributed by atoms with Gasteiger partial charge in [0.1, 0.15) is 77.3 Å². The summed E-state index contributed by atoms with van der Waals surface area (Å²) in [7, 11) is 15.3. The molecule has 9 aromatic rings. The Hall–Kier alpha value is -5.62. The minimum atomic E-state index is 0.585. The van der Waals surface area contributed by atoms with Crippen LogP contribution < -0.4 is 38.2 Å². The van der Waals surface area contributed by atoms with Crippen molar-refractivity contribution in [3.05, 3.63) is 97.1 Å². The summed E-state index contributed by atoms with van der Waals surface area (Å²) in [6, 6.07) is 33.2. The molecule has 6 aromatic carbocycles. The van der Waals surface area contributed by atoms with Crippen molar-refractivity contribution in [1.29, 1.82) is 0 Å². The molecule has 0 aliphatic carbocycles. The van der Waals surface area contributed by atoms with Crippen molar-refractivity contribution < 1.29 is 8.83 Å². The highest BCUT2D eigenvalue weighted by Gasteiger charge is 2.24. The molecule has 3 heterocycles. The molecule has 0 radical (unpaired) electrons. The Morgan fingerprint density at radius 3 is 1.71 bits per heavy atom. The molecule has 234 valence electrons. The molecule has 0 atom stereocenters. The minimum Gasteiger partial charge on any atom is -0.457 e. The molecule has 0 spiro atoms. The maximum absolute atomic E-state index is 6.82. The Morgan fingerprint density at radius 1 is 0.373 bits per heavy atom. The average molecular weight is 648 g/mol. The van der Waals surface area contributed by atoms with Gasteiger partial charge in [0.2, 0.25) is 0 Å². The van der Waals surface area contributed by atoms with E-state index in [4.69, 9.17) is 23.8 Å². The fourth-order valence-electron chi connectivity index (χ4n) is 7.78. The molecule has 3 aromatic heterocycles. The summed E-state index contributed by atoms with van der Waals surface area (Å²) < 4.78 is 13.1. The summed E-state index contributed by atoms with van der Waals surface area (Å²) in [6.45, 7) is 0. The van der Waals surface area contributed by atoms with Gasteiger partial charge < -0.3 is 8.83 Å². The van der Waals surface area contributed by atoms with Crippen LogP contribution in [0.1, 0.15) is 0 Å². The summed E-state index contributed by atoms with van der Waals surface area (Å²) in [5.74, 6) is 1.81. The second-order valence-electron chi connectivity index (χ2n) is 13.8. The first-order valence-corrected chi connectivity index (χ1v) is 17.5. The molecule has 0 N–H and O–H groups in total. The van der Waals surface area contributed by atoms with E-state index in [1.54, 1.807) is 0 Å². The van der Waals surface area contributed by atoms with Crippen LogP contribution in [0, 0.1) is 0 Å². The molecule has 9 rings (SSSR count). The predicted molar refractivity (Wildman–Crippen MR) is 233 cm³/mol. The maximum Gasteiger partial charge on any atom is 0.164 e. The lowest BCUT2D eigenvalue weighted by Gasteiger charge is -2.16. The number of hydrogen-bond donors (Lipinski definition) is 0. The van der Waals surface area contributed by atoms with Crippen LogP contribution in [0.3, 0.4) is 0 Å². The number of hydrogen-bond acceptors (Lipinski definition) is 5. The third-order valence-electron chi connectivity index (χ3n) is 11.1. The molecule has 0 saturated heterocycles. The Bertz CT molecular complexity index is 2900. The highest BCUT2D eigenvalue weighted by molar-refractivity contribution is 6.69. The van der Waals surface area contributed by atoms with Gasteiger partial charge in [0, 0.05) is 38.2 Å². The molecule has 51 heavy (non-hydrogen) atoms. The van der Waals surface area contributed by atoms with Gasteiger partial charge in [-0.2, -0.15) is 0 Å². The summed E-state index contributed by atoms with van der Waals surface area (Å²) in [5, 5.41) is 4.53. The Balaban J connectivity index is 1.31. The number of nitrogens with zero attached hydrogens (tertiary/aromatic N) is 3. The number of furan rings is 2. The highest BCUT2D eigenvalue weighted by Crippen LogP contribution is 2.33. The van der Waals surface area contributed by atoms with Gasteiger partial charge in [-0.1, -0.05) is 100 Å². The van der Waals surface area contributed by atoms with Crippen LogP contribution in [0.25, 0.3) is 89.2 Å². The van der Waals surface area contributed by atoms with Crippen molar-refractivity contribution in [2.24, 2.45) is 0 Å². The van der Waals surface area contributed by atoms with E-state index in [9.17, 15) is 0 Å². The van der Waals surface area contributed by atoms with Gasteiger partial charge in [0.05, 0.1) is 0 Å². The lowest BCUT2D eigenvalue weighted by Crippen LogP contribution is -2.47. The number of rotatable bonds is 4. The smallest absolute Gasteiger partial charge is 0.164 e. The first-order valence-electron chi connectivity index (χ1n) is 17.5. The zero-order valence-electron chi connectivity index (χ0n) is 29.9. The van der Waals surface area contributed by atoms with Crippen molar-refractivity contribution in [3.63, 3.8) is 0 Å². The van der Waals surface area contributed by atoms with Crippen molar-refractivity contribution in [2.45, 2.75) is 0 Å². The van der Waals surface area contributed by atoms with Gasteiger partial charge in [-0.15, -0.1) is 5.46 Å². The SMILES string of the molecule is Bc1c(B)c(B)c2c(oc3c(B)c(-c4nc(-c5cccc(-c6ccccc6)c5)nc(-c5ccc6c(c5)oc5ccccc56)n4)c(B)c(B)c32)c1B. The number of aromatic nitrogens is 3. The lowest BCUT2D eigenvalue weighted by atomic mass is 9.64. The first kappa shape index (κ1) is 31.4. The second kappa shape index (κ2) is 11.7. The fourth-order valence-corrected chi connectivity index (χ4v) is 7.78. The van der Waals surface area contributed by atoms with Crippen LogP contribution in [-0.2, 0) is 0 Å². The van der Waals surface area contributed by atoms with Gasteiger partial charge >= 0.3 is 0 Å². The molecular weight excluding hydrogens is 618 g/mol. The van der Waals surface area contributed by atoms with Crippen LogP contribution in [0.4, 0.5) is 0 Å². The van der Waals surface area contributed by atoms with Gasteiger partial charge in [-0.25, -0.2) is 15.0 Å². The fraction of sp³-hybridized carbons (Fsp3) is 0. The number of para-hydroxylation sites is 1.